The Morgan fingerprint density at radius 3 is 2.48 bits per heavy atom. The summed E-state index contributed by atoms with van der Waals surface area (Å²) >= 11 is 0. The Labute approximate surface area is 159 Å². The first-order valence-electron chi connectivity index (χ1n) is 9.38. The SMILES string of the molecule is CCC(=O)N1N=C2c3ccc(OC)cc3CCC2C1c1ccc(OC)cc1. The molecule has 2 atom stereocenters. The number of amides is 1. The fraction of sp³-hybridized carbons (Fsp3) is 0.364. The predicted octanol–water partition coefficient (Wildman–Crippen LogP) is 3.96. The molecule has 27 heavy (non-hydrogen) atoms. The molecule has 1 amide bonds. The fourth-order valence-corrected chi connectivity index (χ4v) is 4.13. The highest BCUT2D eigenvalue weighted by Crippen LogP contribution is 2.44. The first-order chi connectivity index (χ1) is 13.2. The lowest BCUT2D eigenvalue weighted by Gasteiger charge is -2.29. The number of carbonyl (C=O) groups is 1. The molecule has 1 aliphatic heterocycles. The summed E-state index contributed by atoms with van der Waals surface area (Å²) in [6.45, 7) is 1.88. The van der Waals surface area contributed by atoms with Crippen LogP contribution in [-0.2, 0) is 11.2 Å². The van der Waals surface area contributed by atoms with Crippen molar-refractivity contribution in [1.82, 2.24) is 5.01 Å². The van der Waals surface area contributed by atoms with Crippen molar-refractivity contribution in [3.05, 3.63) is 59.2 Å². The van der Waals surface area contributed by atoms with E-state index in [1.165, 1.54) is 5.56 Å². The predicted molar refractivity (Wildman–Crippen MR) is 104 cm³/mol. The van der Waals surface area contributed by atoms with Crippen LogP contribution in [0, 0.1) is 5.92 Å². The van der Waals surface area contributed by atoms with Crippen molar-refractivity contribution < 1.29 is 14.3 Å². The highest BCUT2D eigenvalue weighted by Gasteiger charge is 2.43. The summed E-state index contributed by atoms with van der Waals surface area (Å²) in [6, 6.07) is 14.0. The molecular formula is C22H24N2O3. The fourth-order valence-electron chi connectivity index (χ4n) is 4.13. The summed E-state index contributed by atoms with van der Waals surface area (Å²) in [7, 11) is 3.34. The molecule has 0 radical (unpaired) electrons. The van der Waals surface area contributed by atoms with Gasteiger partial charge in [-0.1, -0.05) is 19.1 Å². The number of fused-ring (bicyclic) bond motifs is 3. The highest BCUT2D eigenvalue weighted by molar-refractivity contribution is 6.07. The van der Waals surface area contributed by atoms with Gasteiger partial charge in [0.05, 0.1) is 26.0 Å². The van der Waals surface area contributed by atoms with Crippen LogP contribution in [0.1, 0.15) is 42.5 Å². The molecule has 140 valence electrons. The number of nitrogens with zero attached hydrogens (tertiary/aromatic N) is 2. The lowest BCUT2D eigenvalue weighted by atomic mass is 9.77. The second-order valence-corrected chi connectivity index (χ2v) is 6.96. The maximum atomic E-state index is 12.7. The molecule has 2 aromatic rings. The van der Waals surface area contributed by atoms with Crippen molar-refractivity contribution in [3.63, 3.8) is 0 Å². The van der Waals surface area contributed by atoms with E-state index in [2.05, 4.69) is 12.1 Å². The number of hydrogen-bond acceptors (Lipinski definition) is 4. The quantitative estimate of drug-likeness (QED) is 0.825. The number of hydrazone groups is 1. The highest BCUT2D eigenvalue weighted by atomic mass is 16.5. The van der Waals surface area contributed by atoms with E-state index >= 15 is 0 Å². The lowest BCUT2D eigenvalue weighted by Crippen LogP contribution is -2.31. The van der Waals surface area contributed by atoms with E-state index in [0.717, 1.165) is 41.2 Å². The molecule has 5 nitrogen and oxygen atoms in total. The van der Waals surface area contributed by atoms with Crippen molar-refractivity contribution in [2.45, 2.75) is 32.2 Å². The largest absolute Gasteiger partial charge is 0.497 e. The van der Waals surface area contributed by atoms with Gasteiger partial charge in [0.15, 0.2) is 0 Å². The third kappa shape index (κ3) is 2.97. The Morgan fingerprint density at radius 2 is 1.81 bits per heavy atom. The number of methoxy groups -OCH3 is 2. The first-order valence-corrected chi connectivity index (χ1v) is 9.38. The molecule has 4 rings (SSSR count). The molecule has 5 heteroatoms. The van der Waals surface area contributed by atoms with Crippen molar-refractivity contribution in [1.29, 1.82) is 0 Å². The van der Waals surface area contributed by atoms with Crippen LogP contribution in [0.15, 0.2) is 47.6 Å². The van der Waals surface area contributed by atoms with Gasteiger partial charge in [0.1, 0.15) is 11.5 Å². The Balaban J connectivity index is 1.76. The third-order valence-corrected chi connectivity index (χ3v) is 5.54. The summed E-state index contributed by atoms with van der Waals surface area (Å²) < 4.78 is 10.6. The van der Waals surface area contributed by atoms with Crippen LogP contribution in [-0.4, -0.2) is 30.8 Å². The Kier molecular flexibility index (Phi) is 4.60. The van der Waals surface area contributed by atoms with Gasteiger partial charge in [-0.2, -0.15) is 5.10 Å². The van der Waals surface area contributed by atoms with E-state index < -0.39 is 0 Å². The lowest BCUT2D eigenvalue weighted by molar-refractivity contribution is -0.133. The molecule has 0 aromatic heterocycles. The Bertz CT molecular complexity index is 889. The number of ether oxygens (including phenoxy) is 2. The van der Waals surface area contributed by atoms with Gasteiger partial charge >= 0.3 is 0 Å². The minimum atomic E-state index is -0.0615. The molecule has 2 aromatic carbocycles. The molecular weight excluding hydrogens is 340 g/mol. The zero-order chi connectivity index (χ0) is 19.0. The number of benzene rings is 2. The molecule has 0 bridgehead atoms. The van der Waals surface area contributed by atoms with E-state index in [1.54, 1.807) is 19.2 Å². The van der Waals surface area contributed by atoms with Crippen LogP contribution < -0.4 is 9.47 Å². The van der Waals surface area contributed by atoms with E-state index in [9.17, 15) is 4.79 Å². The van der Waals surface area contributed by atoms with Crippen molar-refractivity contribution in [3.8, 4) is 11.5 Å². The second kappa shape index (κ2) is 7.06. The van der Waals surface area contributed by atoms with Gasteiger partial charge in [-0.3, -0.25) is 4.79 Å². The minimum Gasteiger partial charge on any atom is -0.497 e. The number of rotatable bonds is 4. The Morgan fingerprint density at radius 1 is 1.11 bits per heavy atom. The van der Waals surface area contributed by atoms with Gasteiger partial charge < -0.3 is 9.47 Å². The average molecular weight is 364 g/mol. The van der Waals surface area contributed by atoms with E-state index in [0.29, 0.717) is 6.42 Å². The van der Waals surface area contributed by atoms with Gasteiger partial charge in [-0.25, -0.2) is 5.01 Å². The van der Waals surface area contributed by atoms with Crippen LogP contribution in [0.2, 0.25) is 0 Å². The minimum absolute atomic E-state index is 0.0489. The summed E-state index contributed by atoms with van der Waals surface area (Å²) in [5.41, 5.74) is 4.49. The molecule has 2 aliphatic rings. The van der Waals surface area contributed by atoms with E-state index in [4.69, 9.17) is 14.6 Å². The van der Waals surface area contributed by atoms with Gasteiger partial charge in [-0.15, -0.1) is 0 Å². The zero-order valence-electron chi connectivity index (χ0n) is 15.9. The first kappa shape index (κ1) is 17.6. The average Bonchev–Trinajstić information content (AvgIpc) is 3.12. The van der Waals surface area contributed by atoms with Crippen LogP contribution in [0.5, 0.6) is 11.5 Å². The van der Waals surface area contributed by atoms with Gasteiger partial charge in [0.25, 0.3) is 0 Å². The van der Waals surface area contributed by atoms with Crippen molar-refractivity contribution in [2.24, 2.45) is 11.0 Å². The number of hydrogen-bond donors (Lipinski definition) is 0. The van der Waals surface area contributed by atoms with Gasteiger partial charge in [0.2, 0.25) is 5.91 Å². The topological polar surface area (TPSA) is 51.1 Å². The second-order valence-electron chi connectivity index (χ2n) is 6.96. The van der Waals surface area contributed by atoms with Gasteiger partial charge in [0, 0.05) is 17.9 Å². The third-order valence-electron chi connectivity index (χ3n) is 5.54. The maximum Gasteiger partial charge on any atom is 0.242 e. The molecule has 0 N–H and O–H groups in total. The van der Waals surface area contributed by atoms with Crippen LogP contribution in [0.3, 0.4) is 0 Å². The molecule has 0 fully saturated rings. The van der Waals surface area contributed by atoms with E-state index in [1.807, 2.05) is 37.3 Å². The number of carbonyl (C=O) groups excluding carboxylic acids is 1. The van der Waals surface area contributed by atoms with Crippen LogP contribution in [0.25, 0.3) is 0 Å². The summed E-state index contributed by atoms with van der Waals surface area (Å²) in [5, 5.41) is 6.50. The monoisotopic (exact) mass is 364 g/mol. The smallest absolute Gasteiger partial charge is 0.242 e. The molecule has 2 unspecified atom stereocenters. The molecule has 0 saturated carbocycles. The van der Waals surface area contributed by atoms with Crippen LogP contribution in [0.4, 0.5) is 0 Å². The standard InChI is InChI=1S/C22H24N2O3/c1-4-20(25)24-22(14-5-8-16(26-2)9-6-14)19-11-7-15-13-17(27-3)10-12-18(15)21(19)23-24/h5-6,8-10,12-13,19,22H,4,7,11H2,1-3H3. The molecule has 1 aliphatic carbocycles. The van der Waals surface area contributed by atoms with Crippen LogP contribution >= 0.6 is 0 Å². The molecule has 0 saturated heterocycles. The van der Waals surface area contributed by atoms with E-state index in [-0.39, 0.29) is 17.9 Å². The summed E-state index contributed by atoms with van der Waals surface area (Å²) in [5.74, 6) is 1.92. The maximum absolute atomic E-state index is 12.7. The molecule has 0 spiro atoms. The zero-order valence-corrected chi connectivity index (χ0v) is 15.9. The van der Waals surface area contributed by atoms with Crippen molar-refractivity contribution >= 4 is 11.6 Å². The normalized spacial score (nSPS) is 20.6. The summed E-state index contributed by atoms with van der Waals surface area (Å²) in [6.07, 6.45) is 2.35. The Hall–Kier alpha value is -2.82. The molecule has 1 heterocycles. The van der Waals surface area contributed by atoms with Gasteiger partial charge in [-0.05, 0) is 54.3 Å². The summed E-state index contributed by atoms with van der Waals surface area (Å²) in [4.78, 5) is 12.7. The van der Waals surface area contributed by atoms with Crippen molar-refractivity contribution in [2.75, 3.05) is 14.2 Å². The number of aryl methyl sites for hydroxylation is 1.